The zero-order valence-corrected chi connectivity index (χ0v) is 15.7. The van der Waals surface area contributed by atoms with Gasteiger partial charge in [-0.1, -0.05) is 20.8 Å². The fraction of sp³-hybridized carbons (Fsp3) is 0.800. The van der Waals surface area contributed by atoms with E-state index in [1.54, 1.807) is 0 Å². The molecule has 21 heavy (non-hydrogen) atoms. The van der Waals surface area contributed by atoms with Crippen LogP contribution in [0.1, 0.15) is 65.7 Å². The van der Waals surface area contributed by atoms with Gasteiger partial charge in [0.2, 0.25) is 0 Å². The molecule has 0 fully saturated rings. The van der Waals surface area contributed by atoms with Crippen LogP contribution in [0.3, 0.4) is 0 Å². The summed E-state index contributed by atoms with van der Waals surface area (Å²) < 4.78 is 3.05. The van der Waals surface area contributed by atoms with Crippen molar-refractivity contribution in [1.29, 1.82) is 0 Å². The largest absolute Gasteiger partial charge is 0.296 e. The van der Waals surface area contributed by atoms with Gasteiger partial charge in [-0.05, 0) is 56.2 Å². The molecule has 1 aromatic rings. The van der Waals surface area contributed by atoms with Crippen molar-refractivity contribution in [3.63, 3.8) is 0 Å². The van der Waals surface area contributed by atoms with Crippen LogP contribution in [-0.2, 0) is 0 Å². The molecule has 0 amide bonds. The molecule has 1 aromatic heterocycles. The highest BCUT2D eigenvalue weighted by molar-refractivity contribution is 9.10. The third-order valence-corrected chi connectivity index (χ3v) is 5.15. The first kappa shape index (κ1) is 18.6. The zero-order chi connectivity index (χ0) is 16.2. The van der Waals surface area contributed by atoms with Gasteiger partial charge in [-0.25, -0.2) is 5.43 Å². The van der Waals surface area contributed by atoms with E-state index in [4.69, 9.17) is 5.84 Å². The summed E-state index contributed by atoms with van der Waals surface area (Å²) in [5.41, 5.74) is 4.09. The third-order valence-electron chi connectivity index (χ3n) is 4.54. The number of halogens is 1. The summed E-state index contributed by atoms with van der Waals surface area (Å²) in [5.74, 6) is 5.97. The molecule has 0 radical (unpaired) electrons. The number of hydrogen-bond donors (Lipinski definition) is 2. The van der Waals surface area contributed by atoms with Gasteiger partial charge >= 0.3 is 0 Å². The van der Waals surface area contributed by atoms with E-state index in [9.17, 15) is 0 Å². The van der Waals surface area contributed by atoms with Crippen molar-refractivity contribution in [3.8, 4) is 0 Å². The molecule has 3 N–H and O–H groups in total. The van der Waals surface area contributed by atoms with E-state index in [-0.39, 0.29) is 11.6 Å². The van der Waals surface area contributed by atoms with E-state index in [1.165, 1.54) is 0 Å². The van der Waals surface area contributed by atoms with E-state index in [0.29, 0.717) is 6.04 Å². The Hall–Kier alpha value is -0.430. The quantitative estimate of drug-likeness (QED) is 0.552. The number of nitrogens with one attached hydrogen (secondary N) is 1. The number of rotatable bonds is 8. The minimum absolute atomic E-state index is 0.00155. The van der Waals surface area contributed by atoms with Crippen LogP contribution < -0.4 is 11.3 Å². The maximum atomic E-state index is 5.97. The lowest BCUT2D eigenvalue weighted by molar-refractivity contribution is 0.0656. The highest BCUT2D eigenvalue weighted by Crippen LogP contribution is 2.37. The monoisotopic (exact) mass is 359 g/mol. The number of nitrogens with two attached hydrogens (primary N) is 1. The molecule has 0 bridgehead atoms. The highest BCUT2D eigenvalue weighted by atomic mass is 79.9. The van der Waals surface area contributed by atoms with Crippen molar-refractivity contribution in [1.82, 2.24) is 20.1 Å². The van der Waals surface area contributed by atoms with Crippen molar-refractivity contribution < 1.29 is 0 Å². The van der Waals surface area contributed by atoms with Gasteiger partial charge in [0, 0.05) is 11.6 Å². The molecule has 1 rings (SSSR count). The SMILES string of the molecule is CCN(CC)C(C)(CC)C(NN)c1c(Br)cnn1C(C)C. The topological polar surface area (TPSA) is 59.1 Å². The molecule has 0 aromatic carbocycles. The molecule has 5 nitrogen and oxygen atoms in total. The van der Waals surface area contributed by atoms with Crippen LogP contribution in [0.15, 0.2) is 10.7 Å². The van der Waals surface area contributed by atoms with Gasteiger partial charge in [0.25, 0.3) is 0 Å². The summed E-state index contributed by atoms with van der Waals surface area (Å²) in [4.78, 5) is 2.46. The van der Waals surface area contributed by atoms with Gasteiger partial charge in [0.1, 0.15) is 0 Å². The minimum Gasteiger partial charge on any atom is -0.296 e. The van der Waals surface area contributed by atoms with Crippen molar-refractivity contribution in [2.75, 3.05) is 13.1 Å². The van der Waals surface area contributed by atoms with E-state index in [1.807, 2.05) is 10.9 Å². The number of aromatic nitrogens is 2. The maximum absolute atomic E-state index is 5.97. The summed E-state index contributed by atoms with van der Waals surface area (Å²) in [6.07, 6.45) is 2.86. The Morgan fingerprint density at radius 1 is 1.38 bits per heavy atom. The molecule has 2 unspecified atom stereocenters. The Kier molecular flexibility index (Phi) is 6.84. The molecule has 6 heteroatoms. The predicted molar refractivity (Wildman–Crippen MR) is 92.0 cm³/mol. The van der Waals surface area contributed by atoms with Gasteiger partial charge < -0.3 is 0 Å². The van der Waals surface area contributed by atoms with Gasteiger partial charge in [0.15, 0.2) is 0 Å². The summed E-state index contributed by atoms with van der Waals surface area (Å²) >= 11 is 3.64. The van der Waals surface area contributed by atoms with Crippen LogP contribution in [0.4, 0.5) is 0 Å². The van der Waals surface area contributed by atoms with Crippen LogP contribution in [-0.4, -0.2) is 33.3 Å². The average molecular weight is 360 g/mol. The lowest BCUT2D eigenvalue weighted by Crippen LogP contribution is -2.56. The van der Waals surface area contributed by atoms with Crippen molar-refractivity contribution >= 4 is 15.9 Å². The highest BCUT2D eigenvalue weighted by Gasteiger charge is 2.40. The number of hydrogen-bond acceptors (Lipinski definition) is 4. The Labute approximate surface area is 137 Å². The summed E-state index contributed by atoms with van der Waals surface area (Å²) in [6, 6.07) is 0.293. The molecule has 0 aliphatic rings. The molecule has 0 aliphatic heterocycles. The van der Waals surface area contributed by atoms with E-state index < -0.39 is 0 Å². The predicted octanol–water partition coefficient (Wildman–Crippen LogP) is 3.24. The van der Waals surface area contributed by atoms with Gasteiger partial charge in [-0.3, -0.25) is 15.4 Å². The summed E-state index contributed by atoms with van der Waals surface area (Å²) in [6.45, 7) is 15.1. The number of hydrazine groups is 1. The number of nitrogens with zero attached hydrogens (tertiary/aromatic N) is 3. The third kappa shape index (κ3) is 3.50. The molecule has 2 atom stereocenters. The molecule has 1 heterocycles. The Bertz CT molecular complexity index is 441. The Morgan fingerprint density at radius 2 is 1.95 bits per heavy atom. The average Bonchev–Trinajstić information content (AvgIpc) is 2.83. The van der Waals surface area contributed by atoms with Crippen LogP contribution in [0, 0.1) is 0 Å². The molecular weight excluding hydrogens is 330 g/mol. The van der Waals surface area contributed by atoms with Crippen molar-refractivity contribution in [2.24, 2.45) is 5.84 Å². The molecule has 0 saturated heterocycles. The van der Waals surface area contributed by atoms with Gasteiger partial charge in [0.05, 0.1) is 22.4 Å². The molecular formula is C15H30BrN5. The molecule has 122 valence electrons. The molecule has 0 aliphatic carbocycles. The minimum atomic E-state index is -0.0759. The smallest absolute Gasteiger partial charge is 0.0821 e. The van der Waals surface area contributed by atoms with Crippen molar-refractivity contribution in [3.05, 3.63) is 16.4 Å². The normalized spacial score (nSPS) is 16.5. The summed E-state index contributed by atoms with van der Waals surface area (Å²) in [7, 11) is 0. The number of likely N-dealkylation sites (N-methyl/N-ethyl adjacent to an activating group) is 1. The lowest BCUT2D eigenvalue weighted by Gasteiger charge is -2.45. The first-order valence-corrected chi connectivity index (χ1v) is 8.60. The lowest BCUT2D eigenvalue weighted by atomic mass is 9.85. The second-order valence-corrected chi connectivity index (χ2v) is 6.75. The fourth-order valence-electron chi connectivity index (χ4n) is 3.14. The van der Waals surface area contributed by atoms with Crippen LogP contribution in [0.2, 0.25) is 0 Å². The van der Waals surface area contributed by atoms with Crippen LogP contribution in [0.25, 0.3) is 0 Å². The van der Waals surface area contributed by atoms with Gasteiger partial charge in [-0.15, -0.1) is 0 Å². The Morgan fingerprint density at radius 3 is 2.33 bits per heavy atom. The van der Waals surface area contributed by atoms with E-state index >= 15 is 0 Å². The second-order valence-electron chi connectivity index (χ2n) is 5.90. The van der Waals surface area contributed by atoms with Crippen LogP contribution in [0.5, 0.6) is 0 Å². The van der Waals surface area contributed by atoms with E-state index in [2.05, 4.69) is 72.9 Å². The zero-order valence-electron chi connectivity index (χ0n) is 14.2. The molecule has 0 spiro atoms. The Balaban J connectivity index is 3.37. The van der Waals surface area contributed by atoms with Crippen LogP contribution >= 0.6 is 15.9 Å². The first-order chi connectivity index (χ1) is 9.87. The van der Waals surface area contributed by atoms with E-state index in [0.717, 1.165) is 29.7 Å². The second kappa shape index (κ2) is 7.72. The molecule has 0 saturated carbocycles. The summed E-state index contributed by atoms with van der Waals surface area (Å²) in [5, 5.41) is 4.50. The first-order valence-electron chi connectivity index (χ1n) is 7.81. The maximum Gasteiger partial charge on any atom is 0.0821 e. The fourth-order valence-corrected chi connectivity index (χ4v) is 3.64. The van der Waals surface area contributed by atoms with Crippen molar-refractivity contribution in [2.45, 2.75) is 65.6 Å². The standard InChI is InChI=1S/C15H30BrN5/c1-7-15(6,20(8-2)9-3)14(19-17)13-12(16)10-18-21(13)11(4)5/h10-11,14,19H,7-9,17H2,1-6H3. The van der Waals surface area contributed by atoms with Gasteiger partial charge in [-0.2, -0.15) is 5.10 Å².